The molecule has 12 nitrogen and oxygen atoms in total. The van der Waals surface area contributed by atoms with Gasteiger partial charge in [0.2, 0.25) is 0 Å². The maximum atomic E-state index is 10.8. The number of nitrogens with two attached hydrogens (primary N) is 2. The minimum Gasteiger partial charge on any atom is -0.393 e. The van der Waals surface area contributed by atoms with Gasteiger partial charge in [-0.15, -0.1) is 0 Å². The number of benzene rings is 2. The molecule has 0 amide bonds. The van der Waals surface area contributed by atoms with E-state index < -0.39 is 9.85 Å². The second-order valence-electron chi connectivity index (χ2n) is 8.58. The normalized spacial score (nSPS) is 17.1. The summed E-state index contributed by atoms with van der Waals surface area (Å²) >= 11 is 0. The number of piperazine rings is 2. The van der Waals surface area contributed by atoms with E-state index in [1.54, 1.807) is 24.3 Å². The van der Waals surface area contributed by atoms with Gasteiger partial charge in [0.1, 0.15) is 11.4 Å². The van der Waals surface area contributed by atoms with Gasteiger partial charge in [-0.1, -0.05) is 0 Å². The fourth-order valence-electron chi connectivity index (χ4n) is 3.92. The highest BCUT2D eigenvalue weighted by molar-refractivity contribution is 5.67. The number of nitrogens with zero attached hydrogens (tertiary/aromatic N) is 6. The molecule has 4 rings (SSSR count). The molecule has 0 unspecified atom stereocenters. The van der Waals surface area contributed by atoms with Crippen molar-refractivity contribution in [2.75, 3.05) is 87.7 Å². The van der Waals surface area contributed by atoms with Crippen LogP contribution in [-0.4, -0.2) is 86.1 Å². The van der Waals surface area contributed by atoms with Crippen LogP contribution in [-0.2, 0) is 0 Å². The van der Waals surface area contributed by atoms with E-state index in [-0.39, 0.29) is 22.7 Å². The van der Waals surface area contributed by atoms with Gasteiger partial charge in [0, 0.05) is 75.9 Å². The molecule has 0 bridgehead atoms. The number of hydrogen-bond acceptors (Lipinski definition) is 10. The molecule has 0 aliphatic carbocycles. The van der Waals surface area contributed by atoms with Gasteiger partial charge in [-0.05, 0) is 38.4 Å². The number of rotatable bonds is 4. The first-order valence-electron chi connectivity index (χ1n) is 11.1. The second kappa shape index (κ2) is 11.0. The van der Waals surface area contributed by atoms with E-state index in [9.17, 15) is 20.2 Å². The van der Waals surface area contributed by atoms with Crippen LogP contribution in [0.15, 0.2) is 36.4 Å². The highest BCUT2D eigenvalue weighted by Crippen LogP contribution is 2.28. The molecule has 2 saturated heterocycles. The van der Waals surface area contributed by atoms with E-state index in [2.05, 4.69) is 33.7 Å². The Kier molecular flexibility index (Phi) is 8.08. The lowest BCUT2D eigenvalue weighted by atomic mass is 10.2. The van der Waals surface area contributed by atoms with Crippen LogP contribution in [0.2, 0.25) is 0 Å². The maximum Gasteiger partial charge on any atom is 0.294 e. The first-order valence-corrected chi connectivity index (χ1v) is 11.1. The smallest absolute Gasteiger partial charge is 0.294 e. The fraction of sp³-hybridized carbons (Fsp3) is 0.455. The zero-order valence-corrected chi connectivity index (χ0v) is 19.6. The van der Waals surface area contributed by atoms with Gasteiger partial charge in [0.05, 0.1) is 9.85 Å². The van der Waals surface area contributed by atoms with Crippen molar-refractivity contribution in [3.05, 3.63) is 56.6 Å². The maximum absolute atomic E-state index is 10.8. The number of nitrogen functional groups attached to an aromatic ring is 2. The molecule has 2 fully saturated rings. The largest absolute Gasteiger partial charge is 0.393 e. The Morgan fingerprint density at radius 1 is 0.647 bits per heavy atom. The number of nitro benzene ring substituents is 2. The minimum absolute atomic E-state index is 0.0126. The van der Waals surface area contributed by atoms with Crippen molar-refractivity contribution in [1.29, 1.82) is 0 Å². The molecular formula is C22H32N8O4. The summed E-state index contributed by atoms with van der Waals surface area (Å²) in [6.45, 7) is 7.56. The number of hydrogen-bond donors (Lipinski definition) is 2. The zero-order chi connectivity index (χ0) is 24.8. The van der Waals surface area contributed by atoms with E-state index in [0.29, 0.717) is 0 Å². The Morgan fingerprint density at radius 3 is 1.53 bits per heavy atom. The Labute approximate surface area is 198 Å². The molecule has 12 heteroatoms. The molecule has 0 spiro atoms. The van der Waals surface area contributed by atoms with E-state index in [4.69, 9.17) is 11.5 Å². The lowest BCUT2D eigenvalue weighted by Crippen LogP contribution is -2.44. The van der Waals surface area contributed by atoms with Crippen LogP contribution in [0.25, 0.3) is 0 Å². The Bertz CT molecular complexity index is 1020. The summed E-state index contributed by atoms with van der Waals surface area (Å²) in [6, 6.07) is 9.92. The van der Waals surface area contributed by atoms with Crippen LogP contribution in [0.4, 0.5) is 34.1 Å². The van der Waals surface area contributed by atoms with Crippen LogP contribution < -0.4 is 21.3 Å². The summed E-state index contributed by atoms with van der Waals surface area (Å²) in [7, 11) is 4.16. The highest BCUT2D eigenvalue weighted by Gasteiger charge is 2.19. The van der Waals surface area contributed by atoms with Crippen LogP contribution in [0.5, 0.6) is 0 Å². The summed E-state index contributed by atoms with van der Waals surface area (Å²) in [4.78, 5) is 29.4. The van der Waals surface area contributed by atoms with Crippen molar-refractivity contribution in [3.8, 4) is 0 Å². The summed E-state index contributed by atoms with van der Waals surface area (Å²) in [5.74, 6) is 0. The Hall–Kier alpha value is -3.64. The van der Waals surface area contributed by atoms with Crippen molar-refractivity contribution < 1.29 is 9.85 Å². The lowest BCUT2D eigenvalue weighted by molar-refractivity contribution is -0.384. The van der Waals surface area contributed by atoms with Crippen molar-refractivity contribution in [1.82, 2.24) is 9.80 Å². The standard InChI is InChI=1S/2C11H16N4O2/c1-13-4-6-14(7-5-13)9-2-3-11(15(16)17)10(12)8-9;1-13-4-6-14(7-5-13)9-2-3-10(12)11(8-9)15(16)17/h2*2-3,8H,4-7,12H2,1H3. The van der Waals surface area contributed by atoms with Gasteiger partial charge < -0.3 is 31.1 Å². The summed E-state index contributed by atoms with van der Waals surface area (Å²) < 4.78 is 0. The molecule has 2 aliphatic rings. The minimum atomic E-state index is -0.455. The molecule has 184 valence electrons. The lowest BCUT2D eigenvalue weighted by Gasteiger charge is -2.34. The zero-order valence-electron chi connectivity index (χ0n) is 19.6. The first kappa shape index (κ1) is 25.0. The van der Waals surface area contributed by atoms with Crippen LogP contribution in [0, 0.1) is 20.2 Å². The van der Waals surface area contributed by atoms with Gasteiger partial charge in [0.15, 0.2) is 0 Å². The quantitative estimate of drug-likeness (QED) is 0.383. The van der Waals surface area contributed by atoms with E-state index in [1.165, 1.54) is 6.07 Å². The number of likely N-dealkylation sites (N-methyl/N-ethyl adjacent to an activating group) is 2. The van der Waals surface area contributed by atoms with Gasteiger partial charge in [0.25, 0.3) is 11.4 Å². The third kappa shape index (κ3) is 6.23. The van der Waals surface area contributed by atoms with Crippen LogP contribution in [0.3, 0.4) is 0 Å². The fourth-order valence-corrected chi connectivity index (χ4v) is 3.92. The van der Waals surface area contributed by atoms with Crippen LogP contribution in [0.1, 0.15) is 0 Å². The SMILES string of the molecule is CN1CCN(c2ccc(N)c([N+](=O)[O-])c2)CC1.CN1CCN(c2ccc([N+](=O)[O-])c(N)c2)CC1. The van der Waals surface area contributed by atoms with Gasteiger partial charge >= 0.3 is 0 Å². The van der Waals surface area contributed by atoms with Gasteiger partial charge in [-0.3, -0.25) is 20.2 Å². The topological polar surface area (TPSA) is 151 Å². The third-order valence-corrected chi connectivity index (χ3v) is 6.16. The molecule has 2 aliphatic heterocycles. The molecule has 0 radical (unpaired) electrons. The monoisotopic (exact) mass is 472 g/mol. The van der Waals surface area contributed by atoms with Crippen molar-refractivity contribution >= 4 is 34.1 Å². The Morgan fingerprint density at radius 2 is 1.09 bits per heavy atom. The van der Waals surface area contributed by atoms with Crippen molar-refractivity contribution in [2.24, 2.45) is 0 Å². The predicted molar refractivity (Wildman–Crippen MR) is 134 cm³/mol. The molecular weight excluding hydrogens is 440 g/mol. The third-order valence-electron chi connectivity index (χ3n) is 6.16. The van der Waals surface area contributed by atoms with Crippen molar-refractivity contribution in [2.45, 2.75) is 0 Å². The molecule has 2 aromatic rings. The summed E-state index contributed by atoms with van der Waals surface area (Å²) in [6.07, 6.45) is 0. The number of nitro groups is 2. The second-order valence-corrected chi connectivity index (χ2v) is 8.58. The predicted octanol–water partition coefficient (Wildman–Crippen LogP) is 1.86. The molecule has 4 N–H and O–H groups in total. The molecule has 34 heavy (non-hydrogen) atoms. The van der Waals surface area contributed by atoms with Gasteiger partial charge in [-0.25, -0.2) is 0 Å². The molecule has 2 heterocycles. The number of anilines is 4. The summed E-state index contributed by atoms with van der Waals surface area (Å²) in [5.41, 5.74) is 13.5. The van der Waals surface area contributed by atoms with Gasteiger partial charge in [-0.2, -0.15) is 0 Å². The molecule has 0 atom stereocenters. The van der Waals surface area contributed by atoms with E-state index >= 15 is 0 Å². The average molecular weight is 473 g/mol. The Balaban J connectivity index is 0.000000191. The van der Waals surface area contributed by atoms with E-state index in [0.717, 1.165) is 63.7 Å². The van der Waals surface area contributed by atoms with Crippen LogP contribution >= 0.6 is 0 Å². The van der Waals surface area contributed by atoms with Crippen molar-refractivity contribution in [3.63, 3.8) is 0 Å². The molecule has 0 aromatic heterocycles. The first-order chi connectivity index (χ1) is 16.2. The molecule has 2 aromatic carbocycles. The highest BCUT2D eigenvalue weighted by atomic mass is 16.6. The average Bonchev–Trinajstić information content (AvgIpc) is 2.80. The van der Waals surface area contributed by atoms with E-state index in [1.807, 2.05) is 6.07 Å². The molecule has 0 saturated carbocycles. The summed E-state index contributed by atoms with van der Waals surface area (Å²) in [5, 5.41) is 21.5.